The summed E-state index contributed by atoms with van der Waals surface area (Å²) in [5, 5.41) is 15.8. The van der Waals surface area contributed by atoms with Crippen molar-refractivity contribution in [1.29, 1.82) is 0 Å². The number of carboxylic acid groups (broad SMARTS) is 1. The van der Waals surface area contributed by atoms with E-state index in [1.807, 2.05) is 38.1 Å². The number of aromatic nitrogens is 2. The zero-order chi connectivity index (χ0) is 17.0. The van der Waals surface area contributed by atoms with Gasteiger partial charge in [0.15, 0.2) is 0 Å². The Hall–Kier alpha value is -2.63. The number of rotatable bonds is 6. The molecule has 0 aliphatic heterocycles. The largest absolute Gasteiger partial charge is 0.481 e. The van der Waals surface area contributed by atoms with Crippen molar-refractivity contribution in [2.24, 2.45) is 5.92 Å². The van der Waals surface area contributed by atoms with E-state index in [-0.39, 0.29) is 18.2 Å². The summed E-state index contributed by atoms with van der Waals surface area (Å²) in [6, 6.07) is 7.87. The lowest BCUT2D eigenvalue weighted by Crippen LogP contribution is -2.29. The van der Waals surface area contributed by atoms with E-state index in [4.69, 9.17) is 5.11 Å². The number of carboxylic acids is 1. The Balaban J connectivity index is 2.09. The van der Waals surface area contributed by atoms with Gasteiger partial charge in [-0.15, -0.1) is 0 Å². The van der Waals surface area contributed by atoms with E-state index in [1.165, 1.54) is 6.20 Å². The fraction of sp³-hybridized carbons (Fsp3) is 0.353. The Kier molecular flexibility index (Phi) is 5.16. The molecule has 2 rings (SSSR count). The predicted octanol–water partition coefficient (Wildman–Crippen LogP) is 2.33. The minimum absolute atomic E-state index is 0.0296. The van der Waals surface area contributed by atoms with Crippen LogP contribution in [0.25, 0.3) is 5.69 Å². The second kappa shape index (κ2) is 7.09. The molecule has 2 aromatic rings. The molecular formula is C17H21N3O3. The molecule has 122 valence electrons. The van der Waals surface area contributed by atoms with Gasteiger partial charge in [-0.05, 0) is 37.5 Å². The number of aliphatic carboxylic acids is 1. The van der Waals surface area contributed by atoms with Gasteiger partial charge in [0.25, 0.3) is 5.91 Å². The topological polar surface area (TPSA) is 84.2 Å². The molecule has 1 amide bonds. The number of aryl methyl sites for hydroxylation is 1. The highest BCUT2D eigenvalue weighted by Gasteiger charge is 2.16. The first-order valence-corrected chi connectivity index (χ1v) is 7.50. The molecule has 0 saturated heterocycles. The third kappa shape index (κ3) is 4.18. The minimum atomic E-state index is -0.866. The summed E-state index contributed by atoms with van der Waals surface area (Å²) >= 11 is 0. The van der Waals surface area contributed by atoms with Crippen LogP contribution in [0.2, 0.25) is 0 Å². The van der Waals surface area contributed by atoms with Crippen LogP contribution in [0.15, 0.2) is 30.5 Å². The van der Waals surface area contributed by atoms with Crippen molar-refractivity contribution in [3.63, 3.8) is 0 Å². The summed E-state index contributed by atoms with van der Waals surface area (Å²) in [5.41, 5.74) is 3.26. The zero-order valence-electron chi connectivity index (χ0n) is 13.5. The van der Waals surface area contributed by atoms with Gasteiger partial charge in [-0.1, -0.05) is 19.1 Å². The molecule has 0 saturated carbocycles. The molecule has 0 fully saturated rings. The highest BCUT2D eigenvalue weighted by Crippen LogP contribution is 2.15. The average Bonchev–Trinajstić information content (AvgIpc) is 2.86. The first kappa shape index (κ1) is 16.7. The fourth-order valence-electron chi connectivity index (χ4n) is 2.38. The van der Waals surface area contributed by atoms with Gasteiger partial charge in [-0.2, -0.15) is 5.10 Å². The van der Waals surface area contributed by atoms with Crippen molar-refractivity contribution < 1.29 is 14.7 Å². The summed E-state index contributed by atoms with van der Waals surface area (Å²) in [7, 11) is 0. The number of nitrogens with zero attached hydrogens (tertiary/aromatic N) is 2. The number of carbonyl (C=O) groups excluding carboxylic acids is 1. The Morgan fingerprint density at radius 1 is 1.35 bits per heavy atom. The second-order valence-electron chi connectivity index (χ2n) is 5.81. The Bertz CT molecular complexity index is 722. The van der Waals surface area contributed by atoms with Crippen molar-refractivity contribution in [2.75, 3.05) is 6.54 Å². The lowest BCUT2D eigenvalue weighted by atomic mass is 10.1. The molecule has 0 aliphatic carbocycles. The van der Waals surface area contributed by atoms with Crippen LogP contribution in [0.5, 0.6) is 0 Å². The minimum Gasteiger partial charge on any atom is -0.481 e. The van der Waals surface area contributed by atoms with Crippen LogP contribution in [0.3, 0.4) is 0 Å². The molecule has 0 bridgehead atoms. The van der Waals surface area contributed by atoms with Crippen LogP contribution in [0, 0.1) is 19.8 Å². The molecule has 6 nitrogen and oxygen atoms in total. The maximum Gasteiger partial charge on any atom is 0.303 e. The summed E-state index contributed by atoms with van der Waals surface area (Å²) in [5.74, 6) is -1.22. The first-order chi connectivity index (χ1) is 10.9. The summed E-state index contributed by atoms with van der Waals surface area (Å²) in [4.78, 5) is 22.9. The van der Waals surface area contributed by atoms with E-state index in [0.29, 0.717) is 12.1 Å². The highest BCUT2D eigenvalue weighted by atomic mass is 16.4. The third-order valence-corrected chi connectivity index (χ3v) is 3.63. The normalized spacial score (nSPS) is 12.0. The molecular weight excluding hydrogens is 294 g/mol. The number of hydrogen-bond acceptors (Lipinski definition) is 3. The Morgan fingerprint density at radius 3 is 2.74 bits per heavy atom. The first-order valence-electron chi connectivity index (χ1n) is 7.50. The smallest absolute Gasteiger partial charge is 0.303 e. The fourth-order valence-corrected chi connectivity index (χ4v) is 2.38. The molecule has 2 N–H and O–H groups in total. The molecule has 1 atom stereocenters. The maximum atomic E-state index is 12.3. The van der Waals surface area contributed by atoms with Crippen molar-refractivity contribution in [3.05, 3.63) is 47.3 Å². The average molecular weight is 315 g/mol. The number of benzene rings is 1. The van der Waals surface area contributed by atoms with Crippen LogP contribution in [-0.2, 0) is 4.79 Å². The number of carbonyl (C=O) groups is 2. The van der Waals surface area contributed by atoms with Gasteiger partial charge in [0, 0.05) is 13.0 Å². The van der Waals surface area contributed by atoms with Crippen LogP contribution < -0.4 is 5.32 Å². The van der Waals surface area contributed by atoms with Gasteiger partial charge in [-0.25, -0.2) is 4.68 Å². The van der Waals surface area contributed by atoms with Gasteiger partial charge >= 0.3 is 5.97 Å². The van der Waals surface area contributed by atoms with Gasteiger partial charge in [0.1, 0.15) is 0 Å². The van der Waals surface area contributed by atoms with Crippen LogP contribution in [-0.4, -0.2) is 33.3 Å². The molecule has 0 spiro atoms. The number of hydrogen-bond donors (Lipinski definition) is 2. The maximum absolute atomic E-state index is 12.3. The Labute approximate surface area is 135 Å². The van der Waals surface area contributed by atoms with Gasteiger partial charge in [0.05, 0.1) is 23.1 Å². The van der Waals surface area contributed by atoms with Crippen molar-refractivity contribution in [2.45, 2.75) is 27.2 Å². The van der Waals surface area contributed by atoms with Crippen molar-refractivity contribution >= 4 is 11.9 Å². The zero-order valence-corrected chi connectivity index (χ0v) is 13.5. The van der Waals surface area contributed by atoms with E-state index in [0.717, 1.165) is 16.9 Å². The summed E-state index contributed by atoms with van der Waals surface area (Å²) < 4.78 is 1.72. The molecule has 1 unspecified atom stereocenters. The van der Waals surface area contributed by atoms with Crippen molar-refractivity contribution in [1.82, 2.24) is 15.1 Å². The van der Waals surface area contributed by atoms with E-state index < -0.39 is 5.97 Å². The summed E-state index contributed by atoms with van der Waals surface area (Å²) in [6.45, 7) is 5.95. The van der Waals surface area contributed by atoms with Crippen molar-refractivity contribution in [3.8, 4) is 5.69 Å². The van der Waals surface area contributed by atoms with Gasteiger partial charge in [-0.3, -0.25) is 9.59 Å². The molecule has 0 aliphatic rings. The molecule has 23 heavy (non-hydrogen) atoms. The molecule has 0 radical (unpaired) electrons. The number of amides is 1. The van der Waals surface area contributed by atoms with E-state index >= 15 is 0 Å². The van der Waals surface area contributed by atoms with E-state index in [9.17, 15) is 9.59 Å². The Morgan fingerprint density at radius 2 is 2.09 bits per heavy atom. The standard InChI is InChI=1S/C17H21N3O3/c1-11-5-4-6-14(7-11)20-13(3)15(10-19-20)17(23)18-9-12(2)8-16(21)22/h4-7,10,12H,8-9H2,1-3H3,(H,18,23)(H,21,22). The predicted molar refractivity (Wildman–Crippen MR) is 86.8 cm³/mol. The van der Waals surface area contributed by atoms with Crippen LogP contribution in [0.1, 0.15) is 35.0 Å². The monoisotopic (exact) mass is 315 g/mol. The number of nitrogens with one attached hydrogen (secondary N) is 1. The van der Waals surface area contributed by atoms with Crippen LogP contribution in [0.4, 0.5) is 0 Å². The molecule has 6 heteroatoms. The molecule has 1 aromatic carbocycles. The van der Waals surface area contributed by atoms with Gasteiger partial charge < -0.3 is 10.4 Å². The lowest BCUT2D eigenvalue weighted by molar-refractivity contribution is -0.137. The van der Waals surface area contributed by atoms with E-state index in [1.54, 1.807) is 11.6 Å². The lowest BCUT2D eigenvalue weighted by Gasteiger charge is -2.10. The summed E-state index contributed by atoms with van der Waals surface area (Å²) in [6.07, 6.45) is 1.57. The highest BCUT2D eigenvalue weighted by molar-refractivity contribution is 5.95. The van der Waals surface area contributed by atoms with Gasteiger partial charge in [0.2, 0.25) is 0 Å². The van der Waals surface area contributed by atoms with E-state index in [2.05, 4.69) is 10.4 Å². The SMILES string of the molecule is Cc1cccc(-n2ncc(C(=O)NCC(C)CC(=O)O)c2C)c1. The molecule has 1 aromatic heterocycles. The third-order valence-electron chi connectivity index (χ3n) is 3.63. The quantitative estimate of drug-likeness (QED) is 0.857. The second-order valence-corrected chi connectivity index (χ2v) is 5.81. The molecule has 1 heterocycles. The van der Waals surface area contributed by atoms with Crippen LogP contribution >= 0.6 is 0 Å².